The first-order valence-electron chi connectivity index (χ1n) is 6.99. The van der Waals surface area contributed by atoms with E-state index in [0.717, 1.165) is 17.0 Å². The number of nitrogens with zero attached hydrogens (tertiary/aromatic N) is 3. The zero-order valence-electron chi connectivity index (χ0n) is 12.5. The van der Waals surface area contributed by atoms with Crippen molar-refractivity contribution >= 4 is 5.69 Å². The van der Waals surface area contributed by atoms with Crippen LogP contribution in [0, 0.1) is 11.3 Å². The van der Waals surface area contributed by atoms with Crippen LogP contribution in [0.1, 0.15) is 11.5 Å². The van der Waals surface area contributed by atoms with Gasteiger partial charge in [-0.25, -0.2) is 0 Å². The van der Waals surface area contributed by atoms with Crippen molar-refractivity contribution in [2.75, 3.05) is 12.4 Å². The molecule has 6 nitrogen and oxygen atoms in total. The molecule has 6 heteroatoms. The highest BCUT2D eigenvalue weighted by Crippen LogP contribution is 2.21. The van der Waals surface area contributed by atoms with Crippen LogP contribution in [0.5, 0.6) is 5.75 Å². The van der Waals surface area contributed by atoms with E-state index in [2.05, 4.69) is 21.6 Å². The van der Waals surface area contributed by atoms with Gasteiger partial charge in [0.25, 0.3) is 0 Å². The quantitative estimate of drug-likeness (QED) is 0.779. The van der Waals surface area contributed by atoms with Gasteiger partial charge in [0.1, 0.15) is 5.75 Å². The molecular formula is C17H14N4O2. The lowest BCUT2D eigenvalue weighted by atomic mass is 10.2. The fraction of sp³-hybridized carbons (Fsp3) is 0.118. The fourth-order valence-corrected chi connectivity index (χ4v) is 2.05. The predicted molar refractivity (Wildman–Crippen MR) is 84.8 cm³/mol. The molecule has 1 aromatic heterocycles. The van der Waals surface area contributed by atoms with Crippen LogP contribution < -0.4 is 10.1 Å². The average Bonchev–Trinajstić information content (AvgIpc) is 3.09. The summed E-state index contributed by atoms with van der Waals surface area (Å²) in [5.41, 5.74) is 2.25. The third kappa shape index (κ3) is 3.47. The highest BCUT2D eigenvalue weighted by molar-refractivity contribution is 5.54. The molecule has 0 saturated heterocycles. The average molecular weight is 306 g/mol. The Labute approximate surface area is 133 Å². The van der Waals surface area contributed by atoms with Gasteiger partial charge in [-0.1, -0.05) is 6.07 Å². The summed E-state index contributed by atoms with van der Waals surface area (Å²) in [6, 6.07) is 16.7. The first-order chi connectivity index (χ1) is 11.3. The Morgan fingerprint density at radius 1 is 1.17 bits per heavy atom. The number of ether oxygens (including phenoxy) is 1. The van der Waals surface area contributed by atoms with Gasteiger partial charge in [-0.3, -0.25) is 0 Å². The fourth-order valence-electron chi connectivity index (χ4n) is 2.05. The van der Waals surface area contributed by atoms with Crippen LogP contribution in [0.3, 0.4) is 0 Å². The SMILES string of the molecule is COc1ccc(-c2nnc(CNc3cccc(C#N)c3)o2)cc1. The van der Waals surface area contributed by atoms with Gasteiger partial charge in [0, 0.05) is 11.3 Å². The van der Waals surface area contributed by atoms with Crippen LogP contribution in [0.25, 0.3) is 11.5 Å². The Morgan fingerprint density at radius 3 is 2.74 bits per heavy atom. The molecule has 0 spiro atoms. The summed E-state index contributed by atoms with van der Waals surface area (Å²) in [5.74, 6) is 1.70. The van der Waals surface area contributed by atoms with Gasteiger partial charge in [0.2, 0.25) is 11.8 Å². The maximum atomic E-state index is 8.89. The largest absolute Gasteiger partial charge is 0.497 e. The van der Waals surface area contributed by atoms with Crippen molar-refractivity contribution in [3.8, 4) is 23.3 Å². The maximum Gasteiger partial charge on any atom is 0.247 e. The number of methoxy groups -OCH3 is 1. The molecule has 2 aromatic carbocycles. The van der Waals surface area contributed by atoms with Gasteiger partial charge in [-0.15, -0.1) is 10.2 Å². The van der Waals surface area contributed by atoms with Crippen LogP contribution in [-0.2, 0) is 6.54 Å². The van der Waals surface area contributed by atoms with Gasteiger partial charge in [0.05, 0.1) is 25.3 Å². The Morgan fingerprint density at radius 2 is 2.00 bits per heavy atom. The maximum absolute atomic E-state index is 8.89. The zero-order chi connectivity index (χ0) is 16.1. The minimum absolute atomic E-state index is 0.387. The van der Waals surface area contributed by atoms with E-state index in [0.29, 0.717) is 23.9 Å². The highest BCUT2D eigenvalue weighted by Gasteiger charge is 2.08. The van der Waals surface area contributed by atoms with Gasteiger partial charge in [-0.2, -0.15) is 5.26 Å². The van der Waals surface area contributed by atoms with Crippen molar-refractivity contribution < 1.29 is 9.15 Å². The molecule has 0 aliphatic carbocycles. The van der Waals surface area contributed by atoms with E-state index in [9.17, 15) is 0 Å². The molecule has 0 fully saturated rings. The second kappa shape index (κ2) is 6.62. The second-order valence-corrected chi connectivity index (χ2v) is 4.78. The lowest BCUT2D eigenvalue weighted by Gasteiger charge is -2.03. The van der Waals surface area contributed by atoms with Crippen LogP contribution >= 0.6 is 0 Å². The topological polar surface area (TPSA) is 84.0 Å². The number of hydrogen-bond donors (Lipinski definition) is 1. The molecular weight excluding hydrogens is 292 g/mol. The molecule has 0 amide bonds. The van der Waals surface area contributed by atoms with Crippen molar-refractivity contribution in [1.82, 2.24) is 10.2 Å². The highest BCUT2D eigenvalue weighted by atomic mass is 16.5. The number of rotatable bonds is 5. The van der Waals surface area contributed by atoms with E-state index >= 15 is 0 Å². The molecule has 1 N–H and O–H groups in total. The van der Waals surface area contributed by atoms with E-state index in [1.807, 2.05) is 36.4 Å². The van der Waals surface area contributed by atoms with Crippen LogP contribution in [0.4, 0.5) is 5.69 Å². The Balaban J connectivity index is 1.68. The number of nitriles is 1. The van der Waals surface area contributed by atoms with Crippen LogP contribution in [-0.4, -0.2) is 17.3 Å². The third-order valence-corrected chi connectivity index (χ3v) is 3.24. The molecule has 0 radical (unpaired) electrons. The summed E-state index contributed by atoms with van der Waals surface area (Å²) in [5, 5.41) is 20.1. The van der Waals surface area contributed by atoms with Crippen molar-refractivity contribution in [1.29, 1.82) is 5.26 Å². The van der Waals surface area contributed by atoms with E-state index in [1.54, 1.807) is 19.2 Å². The van der Waals surface area contributed by atoms with Crippen molar-refractivity contribution in [3.05, 3.63) is 60.0 Å². The summed E-state index contributed by atoms with van der Waals surface area (Å²) < 4.78 is 10.7. The number of aromatic nitrogens is 2. The molecule has 0 aliphatic heterocycles. The summed E-state index contributed by atoms with van der Waals surface area (Å²) >= 11 is 0. The molecule has 3 aromatic rings. The van der Waals surface area contributed by atoms with Gasteiger partial charge in [0.15, 0.2) is 0 Å². The number of nitrogens with one attached hydrogen (secondary N) is 1. The standard InChI is InChI=1S/C17H14N4O2/c1-22-15-7-5-13(6-8-15)17-21-20-16(23-17)11-19-14-4-2-3-12(9-14)10-18/h2-9,19H,11H2,1H3. The number of anilines is 1. The smallest absolute Gasteiger partial charge is 0.247 e. The van der Waals surface area contributed by atoms with Crippen molar-refractivity contribution in [2.24, 2.45) is 0 Å². The second-order valence-electron chi connectivity index (χ2n) is 4.78. The molecule has 114 valence electrons. The molecule has 1 heterocycles. The number of hydrogen-bond acceptors (Lipinski definition) is 6. The zero-order valence-corrected chi connectivity index (χ0v) is 12.5. The first kappa shape index (κ1) is 14.6. The molecule has 23 heavy (non-hydrogen) atoms. The Kier molecular flexibility index (Phi) is 4.20. The van der Waals surface area contributed by atoms with Gasteiger partial charge in [-0.05, 0) is 42.5 Å². The molecule has 3 rings (SSSR count). The molecule has 0 saturated carbocycles. The normalized spacial score (nSPS) is 10.1. The summed E-state index contributed by atoms with van der Waals surface area (Å²) in [7, 11) is 1.62. The Hall–Kier alpha value is -3.33. The molecule has 0 unspecified atom stereocenters. The van der Waals surface area contributed by atoms with Crippen LogP contribution in [0.15, 0.2) is 52.9 Å². The third-order valence-electron chi connectivity index (χ3n) is 3.24. The summed E-state index contributed by atoms with van der Waals surface area (Å²) in [4.78, 5) is 0. The number of benzene rings is 2. The van der Waals surface area contributed by atoms with Gasteiger partial charge < -0.3 is 14.5 Å². The Bertz CT molecular complexity index is 834. The van der Waals surface area contributed by atoms with E-state index in [1.165, 1.54) is 0 Å². The van der Waals surface area contributed by atoms with E-state index in [-0.39, 0.29) is 0 Å². The first-order valence-corrected chi connectivity index (χ1v) is 6.99. The van der Waals surface area contributed by atoms with Gasteiger partial charge >= 0.3 is 0 Å². The minimum atomic E-state index is 0.387. The predicted octanol–water partition coefficient (Wildman–Crippen LogP) is 3.23. The molecule has 0 aliphatic rings. The summed E-state index contributed by atoms with van der Waals surface area (Å²) in [6.07, 6.45) is 0. The minimum Gasteiger partial charge on any atom is -0.497 e. The van der Waals surface area contributed by atoms with Crippen molar-refractivity contribution in [3.63, 3.8) is 0 Å². The lowest BCUT2D eigenvalue weighted by Crippen LogP contribution is -1.99. The lowest BCUT2D eigenvalue weighted by molar-refractivity contribution is 0.415. The van der Waals surface area contributed by atoms with Crippen LogP contribution in [0.2, 0.25) is 0 Å². The monoisotopic (exact) mass is 306 g/mol. The van der Waals surface area contributed by atoms with E-state index < -0.39 is 0 Å². The molecule has 0 bridgehead atoms. The summed E-state index contributed by atoms with van der Waals surface area (Å²) in [6.45, 7) is 0.387. The molecule has 0 atom stereocenters. The van der Waals surface area contributed by atoms with E-state index in [4.69, 9.17) is 14.4 Å². The van der Waals surface area contributed by atoms with Crippen molar-refractivity contribution in [2.45, 2.75) is 6.54 Å².